The van der Waals surface area contributed by atoms with Crippen molar-refractivity contribution in [2.24, 2.45) is 0 Å². The first-order valence-electron chi connectivity index (χ1n) is 8.64. The molecular formula is C19H23FN4O2. The summed E-state index contributed by atoms with van der Waals surface area (Å²) < 4.78 is 13.0. The van der Waals surface area contributed by atoms with Crippen molar-refractivity contribution < 1.29 is 14.3 Å². The van der Waals surface area contributed by atoms with E-state index in [1.165, 1.54) is 19.9 Å². The van der Waals surface area contributed by atoms with Crippen molar-refractivity contribution in [3.05, 3.63) is 47.7 Å². The average Bonchev–Trinajstić information content (AvgIpc) is 3.04. The summed E-state index contributed by atoms with van der Waals surface area (Å²) in [4.78, 5) is 22.8. The molecule has 2 aromatic heterocycles. The third-order valence-electron chi connectivity index (χ3n) is 4.35. The second kappa shape index (κ2) is 6.99. The number of carbonyl (C=O) groups excluding carboxylic acids is 1. The second-order valence-corrected chi connectivity index (χ2v) is 7.12. The summed E-state index contributed by atoms with van der Waals surface area (Å²) in [6.07, 6.45) is 2.81. The van der Waals surface area contributed by atoms with Crippen LogP contribution in [0.25, 0.3) is 0 Å². The zero-order valence-electron chi connectivity index (χ0n) is 15.2. The molecule has 1 aliphatic heterocycles. The highest BCUT2D eigenvalue weighted by atomic mass is 19.1. The lowest BCUT2D eigenvalue weighted by Gasteiger charge is -2.30. The van der Waals surface area contributed by atoms with Crippen molar-refractivity contribution in [3.63, 3.8) is 0 Å². The fraction of sp³-hybridized carbons (Fsp3) is 0.421. The van der Waals surface area contributed by atoms with Crippen LogP contribution < -0.4 is 5.32 Å². The summed E-state index contributed by atoms with van der Waals surface area (Å²) in [6, 6.07) is 6.47. The third-order valence-corrected chi connectivity index (χ3v) is 4.35. The van der Waals surface area contributed by atoms with Crippen molar-refractivity contribution in [2.45, 2.75) is 45.3 Å². The Hall–Kier alpha value is -2.54. The van der Waals surface area contributed by atoms with E-state index < -0.39 is 11.4 Å². The number of halogens is 1. The minimum Gasteiger partial charge on any atom is -0.381 e. The summed E-state index contributed by atoms with van der Waals surface area (Å²) in [5.41, 5.74) is 0.930. The van der Waals surface area contributed by atoms with Crippen LogP contribution in [0.3, 0.4) is 0 Å². The van der Waals surface area contributed by atoms with Crippen LogP contribution in [0.4, 0.5) is 15.9 Å². The molecule has 26 heavy (non-hydrogen) atoms. The smallest absolute Gasteiger partial charge is 0.254 e. The number of likely N-dealkylation sites (tertiary alicyclic amines) is 1. The predicted octanol–water partition coefficient (Wildman–Crippen LogP) is 3.10. The van der Waals surface area contributed by atoms with Crippen LogP contribution in [0, 0.1) is 12.7 Å². The van der Waals surface area contributed by atoms with E-state index in [0.29, 0.717) is 12.4 Å². The van der Waals surface area contributed by atoms with Gasteiger partial charge in [-0.1, -0.05) is 0 Å². The summed E-state index contributed by atoms with van der Waals surface area (Å²) >= 11 is 0. The highest BCUT2D eigenvalue weighted by Gasteiger charge is 2.37. The van der Waals surface area contributed by atoms with Gasteiger partial charge in [0.1, 0.15) is 17.2 Å². The Labute approximate surface area is 152 Å². The standard InChI is InChI=1S/C19H23FN4O2/c1-12-9-14(23-17-7-6-13(20)11-21-17)10-15(22-12)16-5-4-8-24(16)18(25)19(2,3)26/h6-7,9-11,16,26H,4-5,8H2,1-3H3,(H,21,22,23). The SMILES string of the molecule is Cc1cc(Nc2ccc(F)cn2)cc(C2CCCN2C(=O)C(C)(C)O)n1. The molecule has 0 aliphatic carbocycles. The Kier molecular flexibility index (Phi) is 4.91. The van der Waals surface area contributed by atoms with Gasteiger partial charge in [0.25, 0.3) is 5.91 Å². The summed E-state index contributed by atoms with van der Waals surface area (Å²) in [5, 5.41) is 13.2. The number of nitrogens with zero attached hydrogens (tertiary/aromatic N) is 3. The first-order valence-corrected chi connectivity index (χ1v) is 8.64. The molecule has 1 fully saturated rings. The minimum absolute atomic E-state index is 0.171. The molecule has 0 spiro atoms. The average molecular weight is 358 g/mol. The van der Waals surface area contributed by atoms with E-state index in [1.54, 1.807) is 11.0 Å². The molecule has 0 saturated carbocycles. The van der Waals surface area contributed by atoms with Crippen molar-refractivity contribution >= 4 is 17.4 Å². The molecule has 0 aromatic carbocycles. The third kappa shape index (κ3) is 3.99. The van der Waals surface area contributed by atoms with Gasteiger partial charge in [0.05, 0.1) is 17.9 Å². The van der Waals surface area contributed by atoms with Gasteiger partial charge in [-0.3, -0.25) is 9.78 Å². The van der Waals surface area contributed by atoms with Crippen molar-refractivity contribution in [1.29, 1.82) is 0 Å². The van der Waals surface area contributed by atoms with Crippen LogP contribution in [-0.2, 0) is 4.79 Å². The van der Waals surface area contributed by atoms with Gasteiger partial charge in [0.2, 0.25) is 0 Å². The first-order chi connectivity index (χ1) is 12.2. The number of hydrogen-bond acceptors (Lipinski definition) is 5. The second-order valence-electron chi connectivity index (χ2n) is 7.12. The Morgan fingerprint density at radius 1 is 1.38 bits per heavy atom. The molecule has 1 unspecified atom stereocenters. The predicted molar refractivity (Wildman–Crippen MR) is 96.4 cm³/mol. The summed E-state index contributed by atoms with van der Waals surface area (Å²) in [5.74, 6) is -0.161. The van der Waals surface area contributed by atoms with Crippen LogP contribution in [0.1, 0.15) is 44.1 Å². The molecule has 3 rings (SSSR count). The van der Waals surface area contributed by atoms with Gasteiger partial charge < -0.3 is 15.3 Å². The Morgan fingerprint density at radius 3 is 2.81 bits per heavy atom. The number of pyridine rings is 2. The fourth-order valence-electron chi connectivity index (χ4n) is 3.20. The molecule has 2 aromatic rings. The number of hydrogen-bond donors (Lipinski definition) is 2. The number of anilines is 2. The van der Waals surface area contributed by atoms with Crippen LogP contribution in [0.2, 0.25) is 0 Å². The highest BCUT2D eigenvalue weighted by molar-refractivity contribution is 5.84. The molecule has 2 N–H and O–H groups in total. The maximum atomic E-state index is 13.0. The van der Waals surface area contributed by atoms with Gasteiger partial charge >= 0.3 is 0 Å². The zero-order chi connectivity index (χ0) is 18.9. The quantitative estimate of drug-likeness (QED) is 0.878. The fourth-order valence-corrected chi connectivity index (χ4v) is 3.20. The molecule has 1 saturated heterocycles. The van der Waals surface area contributed by atoms with Gasteiger partial charge in [0.15, 0.2) is 0 Å². The number of aliphatic hydroxyl groups is 1. The molecule has 3 heterocycles. The molecule has 1 atom stereocenters. The molecule has 138 valence electrons. The zero-order valence-corrected chi connectivity index (χ0v) is 15.2. The van der Waals surface area contributed by atoms with Gasteiger partial charge in [0, 0.05) is 17.9 Å². The van der Waals surface area contributed by atoms with Gasteiger partial charge in [-0.2, -0.15) is 0 Å². The van der Waals surface area contributed by atoms with Crippen molar-refractivity contribution in [3.8, 4) is 0 Å². The Balaban J connectivity index is 1.87. The molecular weight excluding hydrogens is 335 g/mol. The number of aryl methyl sites for hydroxylation is 1. The van der Waals surface area contributed by atoms with Gasteiger partial charge in [-0.05, 0) is 57.9 Å². The van der Waals surface area contributed by atoms with Crippen molar-refractivity contribution in [2.75, 3.05) is 11.9 Å². The number of amides is 1. The molecule has 1 amide bonds. The molecule has 0 bridgehead atoms. The van der Waals surface area contributed by atoms with Gasteiger partial charge in [-0.15, -0.1) is 0 Å². The molecule has 7 heteroatoms. The van der Waals surface area contributed by atoms with E-state index in [-0.39, 0.29) is 11.9 Å². The number of carbonyl (C=O) groups is 1. The van der Waals surface area contributed by atoms with Crippen LogP contribution >= 0.6 is 0 Å². The monoisotopic (exact) mass is 358 g/mol. The first kappa shape index (κ1) is 18.3. The van der Waals surface area contributed by atoms with Gasteiger partial charge in [-0.25, -0.2) is 9.37 Å². The number of nitrogens with one attached hydrogen (secondary N) is 1. The number of aromatic nitrogens is 2. The van der Waals surface area contributed by atoms with E-state index in [2.05, 4.69) is 15.3 Å². The highest BCUT2D eigenvalue weighted by Crippen LogP contribution is 2.34. The van der Waals surface area contributed by atoms with E-state index in [9.17, 15) is 14.3 Å². The molecule has 0 radical (unpaired) electrons. The van der Waals surface area contributed by atoms with Crippen LogP contribution in [-0.4, -0.2) is 38.0 Å². The normalized spacial score (nSPS) is 17.4. The largest absolute Gasteiger partial charge is 0.381 e. The van der Waals surface area contributed by atoms with E-state index >= 15 is 0 Å². The maximum Gasteiger partial charge on any atom is 0.254 e. The lowest BCUT2D eigenvalue weighted by molar-refractivity contribution is -0.148. The van der Waals surface area contributed by atoms with Crippen molar-refractivity contribution in [1.82, 2.24) is 14.9 Å². The van der Waals surface area contributed by atoms with Crippen LogP contribution in [0.5, 0.6) is 0 Å². The topological polar surface area (TPSA) is 78.4 Å². The molecule has 6 nitrogen and oxygen atoms in total. The minimum atomic E-state index is -1.41. The summed E-state index contributed by atoms with van der Waals surface area (Å²) in [6.45, 7) is 5.48. The molecule has 1 aliphatic rings. The number of rotatable bonds is 4. The maximum absolute atomic E-state index is 13.0. The van der Waals surface area contributed by atoms with Crippen LogP contribution in [0.15, 0.2) is 30.5 Å². The lowest BCUT2D eigenvalue weighted by atomic mass is 10.1. The summed E-state index contributed by atoms with van der Waals surface area (Å²) in [7, 11) is 0. The van der Waals surface area contributed by atoms with E-state index in [0.717, 1.165) is 36.1 Å². The Bertz CT molecular complexity index is 802. The van der Waals surface area contributed by atoms with E-state index in [1.807, 2.05) is 19.1 Å². The Morgan fingerprint density at radius 2 is 2.15 bits per heavy atom. The lowest BCUT2D eigenvalue weighted by Crippen LogP contribution is -2.44. The van der Waals surface area contributed by atoms with E-state index in [4.69, 9.17) is 0 Å².